The van der Waals surface area contributed by atoms with Gasteiger partial charge in [-0.15, -0.1) is 0 Å². The van der Waals surface area contributed by atoms with Gasteiger partial charge in [0, 0.05) is 24.1 Å². The molecule has 0 bridgehead atoms. The molecule has 2 unspecified atom stereocenters. The highest BCUT2D eigenvalue weighted by Crippen LogP contribution is 2.42. The number of ether oxygens (including phenoxy) is 2. The van der Waals surface area contributed by atoms with Crippen LogP contribution in [0, 0.1) is 12.8 Å². The number of rotatable bonds is 10. The number of benzene rings is 2. The minimum absolute atomic E-state index is 0.365. The van der Waals surface area contributed by atoms with Crippen molar-refractivity contribution in [1.29, 1.82) is 0 Å². The maximum atomic E-state index is 13.6. The van der Waals surface area contributed by atoms with Crippen LogP contribution in [0.15, 0.2) is 42.5 Å². The zero-order valence-corrected chi connectivity index (χ0v) is 20.0. The molecule has 2 aromatic rings. The van der Waals surface area contributed by atoms with Crippen molar-refractivity contribution < 1.29 is 28.8 Å². The van der Waals surface area contributed by atoms with Crippen LogP contribution in [0.4, 0.5) is 0 Å². The number of likely N-dealkylation sites (tertiary alicyclic amines) is 1. The quantitative estimate of drug-likeness (QED) is 0.338. The maximum absolute atomic E-state index is 13.6. The molecular weight excluding hydrogens is 420 g/mol. The normalized spacial score (nSPS) is 18.2. The monoisotopic (exact) mass is 453 g/mol. The van der Waals surface area contributed by atoms with Gasteiger partial charge in [-0.25, -0.2) is 0 Å². The lowest BCUT2D eigenvalue weighted by atomic mass is 9.85. The van der Waals surface area contributed by atoms with Crippen LogP contribution in [0.25, 0.3) is 0 Å². The fraction of sp³-hybridized carbons (Fsp3) is 0.423. The van der Waals surface area contributed by atoms with Gasteiger partial charge in [0.25, 0.3) is 5.91 Å². The van der Waals surface area contributed by atoms with Crippen molar-refractivity contribution in [3.8, 4) is 11.5 Å². The Bertz CT molecular complexity index is 1030. The second kappa shape index (κ2) is 10.6. The van der Waals surface area contributed by atoms with Crippen LogP contribution in [0.2, 0.25) is 0 Å². The number of quaternary nitrogens is 1. The van der Waals surface area contributed by atoms with E-state index in [9.17, 15) is 14.4 Å². The van der Waals surface area contributed by atoms with Crippen molar-refractivity contribution in [2.24, 2.45) is 5.92 Å². The molecule has 1 aliphatic rings. The average molecular weight is 454 g/mol. The van der Waals surface area contributed by atoms with Crippen LogP contribution in [-0.2, 0) is 9.59 Å². The highest BCUT2D eigenvalue weighted by Gasteiger charge is 2.52. The van der Waals surface area contributed by atoms with E-state index in [1.54, 1.807) is 30.2 Å². The van der Waals surface area contributed by atoms with Gasteiger partial charge >= 0.3 is 0 Å². The summed E-state index contributed by atoms with van der Waals surface area (Å²) in [6.07, 6.45) is 0.719. The van der Waals surface area contributed by atoms with Gasteiger partial charge in [-0.1, -0.05) is 18.2 Å². The van der Waals surface area contributed by atoms with Crippen molar-refractivity contribution in [2.45, 2.75) is 26.3 Å². The van der Waals surface area contributed by atoms with Gasteiger partial charge in [-0.05, 0) is 43.7 Å². The van der Waals surface area contributed by atoms with Gasteiger partial charge < -0.3 is 19.3 Å². The number of nitrogens with zero attached hydrogens (tertiary/aromatic N) is 1. The van der Waals surface area contributed by atoms with E-state index in [2.05, 4.69) is 0 Å². The SMILES string of the molecule is CCOc1ccccc1C1C(C(=O)c2ccc(OC)c(C)c2)C(=O)C(=O)N1CCC[NH+](C)C. The van der Waals surface area contributed by atoms with Crippen LogP contribution in [-0.4, -0.2) is 63.3 Å². The average Bonchev–Trinajstić information content (AvgIpc) is 3.04. The second-order valence-corrected chi connectivity index (χ2v) is 8.62. The molecule has 2 aromatic carbocycles. The molecule has 3 rings (SSSR count). The van der Waals surface area contributed by atoms with E-state index < -0.39 is 23.7 Å². The fourth-order valence-electron chi connectivity index (χ4n) is 4.40. The van der Waals surface area contributed by atoms with E-state index in [-0.39, 0.29) is 5.78 Å². The highest BCUT2D eigenvalue weighted by atomic mass is 16.5. The molecule has 1 amide bonds. The molecular formula is C26H33N2O5+. The zero-order valence-electron chi connectivity index (χ0n) is 20.0. The van der Waals surface area contributed by atoms with Gasteiger partial charge in [0.1, 0.15) is 17.4 Å². The van der Waals surface area contributed by atoms with Crippen LogP contribution in [0.1, 0.15) is 40.9 Å². The van der Waals surface area contributed by atoms with Gasteiger partial charge in [0.2, 0.25) is 5.78 Å². The molecule has 1 fully saturated rings. The molecule has 1 aliphatic heterocycles. The van der Waals surface area contributed by atoms with Crippen LogP contribution >= 0.6 is 0 Å². The molecule has 0 spiro atoms. The number of ketones is 2. The van der Waals surface area contributed by atoms with Crippen LogP contribution in [0.5, 0.6) is 11.5 Å². The molecule has 0 aromatic heterocycles. The molecule has 33 heavy (non-hydrogen) atoms. The molecule has 7 heteroatoms. The molecule has 0 saturated carbocycles. The van der Waals surface area contributed by atoms with Gasteiger partial charge in [0.15, 0.2) is 5.78 Å². The van der Waals surface area contributed by atoms with Gasteiger partial charge in [-0.3, -0.25) is 14.4 Å². The third-order valence-electron chi connectivity index (χ3n) is 5.98. The lowest BCUT2D eigenvalue weighted by Gasteiger charge is -2.28. The van der Waals surface area contributed by atoms with Crippen molar-refractivity contribution in [3.63, 3.8) is 0 Å². The number of carbonyl (C=O) groups is 3. The first-order valence-corrected chi connectivity index (χ1v) is 11.3. The maximum Gasteiger partial charge on any atom is 0.291 e. The lowest BCUT2D eigenvalue weighted by Crippen LogP contribution is -3.05. The molecule has 1 heterocycles. The number of methoxy groups -OCH3 is 1. The molecule has 7 nitrogen and oxygen atoms in total. The summed E-state index contributed by atoms with van der Waals surface area (Å²) in [5.41, 5.74) is 1.86. The predicted octanol–water partition coefficient (Wildman–Crippen LogP) is 1.89. The lowest BCUT2D eigenvalue weighted by molar-refractivity contribution is -0.858. The summed E-state index contributed by atoms with van der Waals surface area (Å²) in [4.78, 5) is 42.8. The van der Waals surface area contributed by atoms with Crippen molar-refractivity contribution in [1.82, 2.24) is 4.90 Å². The smallest absolute Gasteiger partial charge is 0.291 e. The van der Waals surface area contributed by atoms with E-state index >= 15 is 0 Å². The Balaban J connectivity index is 2.06. The summed E-state index contributed by atoms with van der Waals surface area (Å²) < 4.78 is 11.1. The Morgan fingerprint density at radius 3 is 2.45 bits per heavy atom. The third-order valence-corrected chi connectivity index (χ3v) is 5.98. The number of carbonyl (C=O) groups excluding carboxylic acids is 3. The summed E-state index contributed by atoms with van der Waals surface area (Å²) in [6, 6.07) is 11.7. The fourth-order valence-corrected chi connectivity index (χ4v) is 4.40. The number of amides is 1. The third kappa shape index (κ3) is 5.09. The first kappa shape index (κ1) is 24.5. The minimum atomic E-state index is -1.13. The summed E-state index contributed by atoms with van der Waals surface area (Å²) in [5, 5.41) is 0. The topological polar surface area (TPSA) is 77.3 Å². The van der Waals surface area contributed by atoms with Crippen molar-refractivity contribution >= 4 is 17.5 Å². The van der Waals surface area contributed by atoms with E-state index in [0.717, 1.165) is 18.5 Å². The Hall–Kier alpha value is -3.19. The highest BCUT2D eigenvalue weighted by molar-refractivity contribution is 6.44. The summed E-state index contributed by atoms with van der Waals surface area (Å²) in [6.45, 7) is 5.39. The van der Waals surface area contributed by atoms with Crippen LogP contribution < -0.4 is 14.4 Å². The molecule has 1 N–H and O–H groups in total. The summed E-state index contributed by atoms with van der Waals surface area (Å²) >= 11 is 0. The van der Waals surface area contributed by atoms with E-state index in [1.807, 2.05) is 52.2 Å². The molecule has 0 aliphatic carbocycles. The van der Waals surface area contributed by atoms with E-state index in [4.69, 9.17) is 9.47 Å². The first-order valence-electron chi connectivity index (χ1n) is 11.3. The molecule has 2 atom stereocenters. The Kier molecular flexibility index (Phi) is 7.87. The first-order chi connectivity index (χ1) is 15.8. The largest absolute Gasteiger partial charge is 0.496 e. The Morgan fingerprint density at radius 2 is 1.82 bits per heavy atom. The van der Waals surface area contributed by atoms with Gasteiger partial charge in [0.05, 0.1) is 40.4 Å². The molecule has 176 valence electrons. The summed E-state index contributed by atoms with van der Waals surface area (Å²) in [5.74, 6) is -1.52. The Labute approximate surface area is 195 Å². The Morgan fingerprint density at radius 1 is 1.09 bits per heavy atom. The van der Waals surface area contributed by atoms with Crippen molar-refractivity contribution in [3.05, 3.63) is 59.2 Å². The number of hydrogen-bond acceptors (Lipinski definition) is 5. The van der Waals surface area contributed by atoms with Crippen molar-refractivity contribution in [2.75, 3.05) is 40.9 Å². The number of hydrogen-bond donors (Lipinski definition) is 1. The van der Waals surface area contributed by atoms with Gasteiger partial charge in [-0.2, -0.15) is 0 Å². The predicted molar refractivity (Wildman–Crippen MR) is 125 cm³/mol. The molecule has 1 saturated heterocycles. The van der Waals surface area contributed by atoms with E-state index in [1.165, 1.54) is 4.90 Å². The van der Waals surface area contributed by atoms with E-state index in [0.29, 0.717) is 35.8 Å². The number of aryl methyl sites for hydroxylation is 1. The molecule has 0 radical (unpaired) electrons. The second-order valence-electron chi connectivity index (χ2n) is 8.62. The number of para-hydroxylation sites is 1. The zero-order chi connectivity index (χ0) is 24.1. The minimum Gasteiger partial charge on any atom is -0.496 e. The number of Topliss-reactive ketones (excluding diaryl/α,β-unsaturated/α-hetero) is 2. The standard InChI is InChI=1S/C26H32N2O5/c1-6-33-21-11-8-7-10-19(21)23-22(24(29)18-12-13-20(32-5)17(2)16-18)25(30)26(31)28(23)15-9-14-27(3)4/h7-8,10-13,16,22-23H,6,9,14-15H2,1-5H3/p+1. The summed E-state index contributed by atoms with van der Waals surface area (Å²) in [7, 11) is 5.64. The number of nitrogens with one attached hydrogen (secondary N) is 1. The van der Waals surface area contributed by atoms with Crippen LogP contribution in [0.3, 0.4) is 0 Å².